The molecule has 2 aromatic rings. The van der Waals surface area contributed by atoms with Gasteiger partial charge in [0.2, 0.25) is 0 Å². The zero-order valence-electron chi connectivity index (χ0n) is 10.3. The van der Waals surface area contributed by atoms with Crippen LogP contribution in [0.15, 0.2) is 30.7 Å². The molecule has 0 unspecified atom stereocenters. The zero-order valence-corrected chi connectivity index (χ0v) is 11.0. The van der Waals surface area contributed by atoms with Crippen molar-refractivity contribution in [3.8, 4) is 5.75 Å². The highest BCUT2D eigenvalue weighted by Gasteiger charge is 2.03. The Morgan fingerprint density at radius 3 is 2.94 bits per heavy atom. The van der Waals surface area contributed by atoms with Gasteiger partial charge in [0.15, 0.2) is 0 Å². The molecule has 0 aliphatic heterocycles. The second-order valence-corrected chi connectivity index (χ2v) is 4.28. The third-order valence-electron chi connectivity index (χ3n) is 2.60. The Hall–Kier alpha value is -1.81. The van der Waals surface area contributed by atoms with E-state index in [0.29, 0.717) is 17.4 Å². The van der Waals surface area contributed by atoms with E-state index in [2.05, 4.69) is 15.3 Å². The number of hydrogen-bond donors (Lipinski definition) is 1. The average molecular weight is 264 g/mol. The molecule has 0 amide bonds. The minimum absolute atomic E-state index is 0.511. The maximum Gasteiger partial charge on any atom is 0.148 e. The number of rotatable bonds is 4. The Morgan fingerprint density at radius 1 is 1.39 bits per heavy atom. The molecule has 0 aliphatic rings. The predicted molar refractivity (Wildman–Crippen MR) is 72.1 cm³/mol. The first kappa shape index (κ1) is 12.6. The molecule has 0 saturated heterocycles. The van der Waals surface area contributed by atoms with Crippen LogP contribution in [0.2, 0.25) is 5.02 Å². The molecule has 1 aromatic heterocycles. The van der Waals surface area contributed by atoms with E-state index in [4.69, 9.17) is 16.3 Å². The molecule has 0 atom stereocenters. The van der Waals surface area contributed by atoms with E-state index in [0.717, 1.165) is 16.9 Å². The summed E-state index contributed by atoms with van der Waals surface area (Å²) in [6.45, 7) is 2.64. The van der Waals surface area contributed by atoms with Crippen molar-refractivity contribution in [3.05, 3.63) is 46.9 Å². The molecule has 18 heavy (non-hydrogen) atoms. The Morgan fingerprint density at radius 2 is 2.22 bits per heavy atom. The van der Waals surface area contributed by atoms with Gasteiger partial charge in [-0.1, -0.05) is 23.7 Å². The number of halogens is 1. The number of aryl methyl sites for hydroxylation is 1. The van der Waals surface area contributed by atoms with E-state index in [1.807, 2.05) is 25.1 Å². The van der Waals surface area contributed by atoms with Crippen LogP contribution in [0.5, 0.6) is 5.75 Å². The van der Waals surface area contributed by atoms with Crippen molar-refractivity contribution >= 4 is 17.4 Å². The van der Waals surface area contributed by atoms with Crippen molar-refractivity contribution in [2.45, 2.75) is 13.5 Å². The molecule has 0 aliphatic carbocycles. The van der Waals surface area contributed by atoms with Crippen molar-refractivity contribution in [1.82, 2.24) is 9.97 Å². The van der Waals surface area contributed by atoms with Gasteiger partial charge in [0.05, 0.1) is 13.3 Å². The summed E-state index contributed by atoms with van der Waals surface area (Å²) >= 11 is 5.96. The summed E-state index contributed by atoms with van der Waals surface area (Å²) in [6.07, 6.45) is 3.02. The number of ether oxygens (including phenoxy) is 1. The SMILES string of the molecule is COc1cc(CNc2ncncc2Cl)ccc1C. The van der Waals surface area contributed by atoms with Gasteiger partial charge < -0.3 is 10.1 Å². The van der Waals surface area contributed by atoms with Crippen LogP contribution in [-0.2, 0) is 6.54 Å². The number of hydrogen-bond acceptors (Lipinski definition) is 4. The van der Waals surface area contributed by atoms with E-state index in [-0.39, 0.29) is 0 Å². The van der Waals surface area contributed by atoms with Crippen LogP contribution in [0.1, 0.15) is 11.1 Å². The van der Waals surface area contributed by atoms with Gasteiger partial charge in [-0.15, -0.1) is 0 Å². The van der Waals surface area contributed by atoms with Crippen LogP contribution >= 0.6 is 11.6 Å². The molecular weight excluding hydrogens is 250 g/mol. The lowest BCUT2D eigenvalue weighted by molar-refractivity contribution is 0.411. The first-order chi connectivity index (χ1) is 8.70. The fourth-order valence-corrected chi connectivity index (χ4v) is 1.77. The number of aromatic nitrogens is 2. The maximum atomic E-state index is 5.96. The Bertz CT molecular complexity index is 546. The summed E-state index contributed by atoms with van der Waals surface area (Å²) in [7, 11) is 1.67. The number of anilines is 1. The second kappa shape index (κ2) is 5.69. The number of benzene rings is 1. The van der Waals surface area contributed by atoms with Crippen LogP contribution in [0.3, 0.4) is 0 Å². The lowest BCUT2D eigenvalue weighted by atomic mass is 10.1. The third-order valence-corrected chi connectivity index (χ3v) is 2.88. The quantitative estimate of drug-likeness (QED) is 0.921. The molecular formula is C13H14ClN3O. The van der Waals surface area contributed by atoms with Crippen molar-refractivity contribution in [2.24, 2.45) is 0 Å². The Balaban J connectivity index is 2.09. The molecule has 0 fully saturated rings. The fourth-order valence-electron chi connectivity index (χ4n) is 1.60. The average Bonchev–Trinajstić information content (AvgIpc) is 2.39. The first-order valence-corrected chi connectivity index (χ1v) is 5.91. The molecule has 0 bridgehead atoms. The van der Waals surface area contributed by atoms with Crippen LogP contribution in [0.4, 0.5) is 5.82 Å². The highest BCUT2D eigenvalue weighted by Crippen LogP contribution is 2.21. The van der Waals surface area contributed by atoms with E-state index in [9.17, 15) is 0 Å². The fraction of sp³-hybridized carbons (Fsp3) is 0.231. The largest absolute Gasteiger partial charge is 0.496 e. The standard InChI is InChI=1S/C13H14ClN3O/c1-9-3-4-10(5-12(9)18-2)6-16-13-11(14)7-15-8-17-13/h3-5,7-8H,6H2,1-2H3,(H,15,16,17). The van der Waals surface area contributed by atoms with Gasteiger partial charge in [0, 0.05) is 6.54 Å². The Kier molecular flexibility index (Phi) is 3.99. The highest BCUT2D eigenvalue weighted by molar-refractivity contribution is 6.32. The summed E-state index contributed by atoms with van der Waals surface area (Å²) in [6, 6.07) is 6.06. The van der Waals surface area contributed by atoms with E-state index in [1.54, 1.807) is 13.3 Å². The zero-order chi connectivity index (χ0) is 13.0. The first-order valence-electron chi connectivity index (χ1n) is 5.53. The summed E-state index contributed by atoms with van der Waals surface area (Å²) in [5.74, 6) is 1.51. The van der Waals surface area contributed by atoms with Gasteiger partial charge in [-0.25, -0.2) is 9.97 Å². The van der Waals surface area contributed by atoms with Gasteiger partial charge in [-0.2, -0.15) is 0 Å². The van der Waals surface area contributed by atoms with Crippen molar-refractivity contribution in [1.29, 1.82) is 0 Å². The van der Waals surface area contributed by atoms with Gasteiger partial charge >= 0.3 is 0 Å². The molecule has 5 heteroatoms. The molecule has 4 nitrogen and oxygen atoms in total. The lowest BCUT2D eigenvalue weighted by Crippen LogP contribution is -2.02. The smallest absolute Gasteiger partial charge is 0.148 e. The number of nitrogens with one attached hydrogen (secondary N) is 1. The molecule has 0 radical (unpaired) electrons. The third kappa shape index (κ3) is 2.90. The molecule has 94 valence electrons. The number of methoxy groups -OCH3 is 1. The van der Waals surface area contributed by atoms with E-state index >= 15 is 0 Å². The molecule has 0 spiro atoms. The van der Waals surface area contributed by atoms with Crippen molar-refractivity contribution in [3.63, 3.8) is 0 Å². The maximum absolute atomic E-state index is 5.96. The minimum Gasteiger partial charge on any atom is -0.496 e. The molecule has 1 aromatic carbocycles. The van der Waals surface area contributed by atoms with Crippen LogP contribution < -0.4 is 10.1 Å². The lowest BCUT2D eigenvalue weighted by Gasteiger charge is -2.09. The van der Waals surface area contributed by atoms with Crippen molar-refractivity contribution < 1.29 is 4.74 Å². The van der Waals surface area contributed by atoms with Crippen LogP contribution in [0.25, 0.3) is 0 Å². The predicted octanol–water partition coefficient (Wildman–Crippen LogP) is 3.06. The van der Waals surface area contributed by atoms with Crippen molar-refractivity contribution in [2.75, 3.05) is 12.4 Å². The Labute approximate surface area is 111 Å². The molecule has 1 heterocycles. The monoisotopic (exact) mass is 263 g/mol. The highest BCUT2D eigenvalue weighted by atomic mass is 35.5. The van der Waals surface area contributed by atoms with E-state index in [1.165, 1.54) is 6.33 Å². The number of nitrogens with zero attached hydrogens (tertiary/aromatic N) is 2. The van der Waals surface area contributed by atoms with E-state index < -0.39 is 0 Å². The van der Waals surface area contributed by atoms with Crippen LogP contribution in [-0.4, -0.2) is 17.1 Å². The van der Waals surface area contributed by atoms with Gasteiger partial charge in [-0.3, -0.25) is 0 Å². The normalized spacial score (nSPS) is 10.2. The van der Waals surface area contributed by atoms with Crippen LogP contribution in [0, 0.1) is 6.92 Å². The topological polar surface area (TPSA) is 47.0 Å². The van der Waals surface area contributed by atoms with Gasteiger partial charge in [0.25, 0.3) is 0 Å². The summed E-state index contributed by atoms with van der Waals surface area (Å²) in [5, 5.41) is 3.67. The van der Waals surface area contributed by atoms with Gasteiger partial charge in [-0.05, 0) is 24.1 Å². The summed E-state index contributed by atoms with van der Waals surface area (Å²) in [4.78, 5) is 7.90. The molecule has 2 rings (SSSR count). The summed E-state index contributed by atoms with van der Waals surface area (Å²) < 4.78 is 5.28. The molecule has 1 N–H and O–H groups in total. The minimum atomic E-state index is 0.511. The van der Waals surface area contributed by atoms with Gasteiger partial charge in [0.1, 0.15) is 22.9 Å². The molecule has 0 saturated carbocycles. The second-order valence-electron chi connectivity index (χ2n) is 3.88. The summed E-state index contributed by atoms with van der Waals surface area (Å²) in [5.41, 5.74) is 2.22.